The van der Waals surface area contributed by atoms with Gasteiger partial charge in [0.2, 0.25) is 6.71 Å². The van der Waals surface area contributed by atoms with E-state index in [9.17, 15) is 0 Å². The van der Waals surface area contributed by atoms with Crippen LogP contribution in [-0.4, -0.2) is 25.0 Å². The Kier molecular flexibility index (Phi) is 9.37. The Morgan fingerprint density at radius 1 is 0.270 bits per heavy atom. The summed E-state index contributed by atoms with van der Waals surface area (Å²) >= 11 is 0. The van der Waals surface area contributed by atoms with Crippen LogP contribution in [0.1, 0.15) is 16.7 Å². The van der Waals surface area contributed by atoms with E-state index in [1.165, 1.54) is 120 Å². The number of hydrogen-bond acceptors (Lipinski definition) is 0. The van der Waals surface area contributed by atoms with E-state index in [1.807, 2.05) is 0 Å². The van der Waals surface area contributed by atoms with Crippen LogP contribution in [0.5, 0.6) is 0 Å². The summed E-state index contributed by atoms with van der Waals surface area (Å²) in [5, 5.41) is 10.0. The highest BCUT2D eigenvalue weighted by atomic mass is 15.0. The van der Waals surface area contributed by atoms with Crippen LogP contribution in [0.25, 0.3) is 110 Å². The third-order valence-electron chi connectivity index (χ3n) is 15.9. The standard InChI is InChI=1S/C69H49BN4/c1-44-40-45(2)67(46(3)41-44)70(47-20-18-26-51(42-47)72-62-35-17-13-31-58(62)66-64(72)39-38-63-65(66)57-30-12-16-34-61(57)71(63)49-22-6-4-7-23-49)48-21-19-27-52(43-48)74-60-33-15-11-29-54(60)56-37-36-55-53-28-10-14-32-59(53)73(68(55)69(56)74)50-24-8-5-9-25-50/h4-43H,1-3H3. The summed E-state index contributed by atoms with van der Waals surface area (Å²) in [5.74, 6) is 0. The zero-order chi connectivity index (χ0) is 49.2. The second-order valence-electron chi connectivity index (χ2n) is 20.2. The normalized spacial score (nSPS) is 12.0. The van der Waals surface area contributed by atoms with E-state index < -0.39 is 0 Å². The molecule has 74 heavy (non-hydrogen) atoms. The average molecular weight is 945 g/mol. The minimum Gasteiger partial charge on any atom is -0.309 e. The highest BCUT2D eigenvalue weighted by Gasteiger charge is 2.29. The molecule has 0 aliphatic heterocycles. The number of hydrogen-bond donors (Lipinski definition) is 0. The van der Waals surface area contributed by atoms with Crippen molar-refractivity contribution in [2.45, 2.75) is 20.8 Å². The molecule has 15 rings (SSSR count). The van der Waals surface area contributed by atoms with Crippen LogP contribution in [0, 0.1) is 20.8 Å². The molecule has 5 heteroatoms. The molecule has 15 aromatic rings. The Bertz CT molecular complexity index is 4740. The maximum Gasteiger partial charge on any atom is 0.242 e. The second-order valence-corrected chi connectivity index (χ2v) is 20.2. The van der Waals surface area contributed by atoms with E-state index in [1.54, 1.807) is 0 Å². The van der Waals surface area contributed by atoms with Gasteiger partial charge in [-0.05, 0) is 106 Å². The molecule has 11 aromatic carbocycles. The lowest BCUT2D eigenvalue weighted by atomic mass is 9.35. The van der Waals surface area contributed by atoms with Crippen molar-refractivity contribution in [3.05, 3.63) is 259 Å². The van der Waals surface area contributed by atoms with Gasteiger partial charge in [-0.2, -0.15) is 0 Å². The molecule has 0 saturated heterocycles. The van der Waals surface area contributed by atoms with Crippen molar-refractivity contribution in [2.24, 2.45) is 0 Å². The Balaban J connectivity index is 0.974. The Labute approximate surface area is 429 Å². The first-order chi connectivity index (χ1) is 36.5. The number of rotatable bonds is 7. The van der Waals surface area contributed by atoms with Gasteiger partial charge in [-0.25, -0.2) is 0 Å². The lowest BCUT2D eigenvalue weighted by molar-refractivity contribution is 1.15. The van der Waals surface area contributed by atoms with Crippen molar-refractivity contribution in [3.8, 4) is 22.7 Å². The Morgan fingerprint density at radius 2 is 0.635 bits per heavy atom. The molecule has 0 unspecified atom stereocenters. The predicted molar refractivity (Wildman–Crippen MR) is 316 cm³/mol. The van der Waals surface area contributed by atoms with Crippen LogP contribution in [0.4, 0.5) is 0 Å². The molecule has 0 radical (unpaired) electrons. The van der Waals surface area contributed by atoms with Gasteiger partial charge in [0, 0.05) is 65.8 Å². The van der Waals surface area contributed by atoms with Crippen molar-refractivity contribution < 1.29 is 0 Å². The first-order valence-electron chi connectivity index (χ1n) is 25.8. The molecule has 0 aliphatic carbocycles. The van der Waals surface area contributed by atoms with E-state index in [4.69, 9.17) is 0 Å². The molecule has 0 spiro atoms. The molecule has 4 aromatic heterocycles. The lowest BCUT2D eigenvalue weighted by Crippen LogP contribution is -2.54. The molecule has 0 bridgehead atoms. The zero-order valence-corrected chi connectivity index (χ0v) is 41.5. The number of aryl methyl sites for hydroxylation is 3. The van der Waals surface area contributed by atoms with E-state index in [0.717, 1.165) is 22.7 Å². The highest BCUT2D eigenvalue weighted by molar-refractivity contribution is 6.96. The summed E-state index contributed by atoms with van der Waals surface area (Å²) in [6.45, 7) is 6.75. The van der Waals surface area contributed by atoms with Crippen molar-refractivity contribution in [1.29, 1.82) is 0 Å². The quantitative estimate of drug-likeness (QED) is 0.142. The van der Waals surface area contributed by atoms with Gasteiger partial charge in [-0.3, -0.25) is 0 Å². The van der Waals surface area contributed by atoms with E-state index in [2.05, 4.69) is 282 Å². The summed E-state index contributed by atoms with van der Waals surface area (Å²) in [6.07, 6.45) is 0. The lowest BCUT2D eigenvalue weighted by Gasteiger charge is -2.23. The van der Waals surface area contributed by atoms with Gasteiger partial charge in [0.25, 0.3) is 0 Å². The SMILES string of the molecule is Cc1cc(C)c(B(c2cccc(-n3c4ccccc4c4c5c6ccccc6n(-c6ccccc6)c5ccc43)c2)c2cccc(-n3c4ccccc4c4ccc5c6ccccc6n(-c6ccccc6)c5c43)c2)c(C)c1. The maximum absolute atomic E-state index is 2.53. The molecule has 0 aliphatic rings. The fourth-order valence-corrected chi connectivity index (χ4v) is 13.1. The molecule has 0 N–H and O–H groups in total. The molecule has 0 atom stereocenters. The maximum atomic E-state index is 2.53. The third-order valence-corrected chi connectivity index (χ3v) is 15.9. The minimum absolute atomic E-state index is 0.0666. The van der Waals surface area contributed by atoms with E-state index in [-0.39, 0.29) is 6.71 Å². The van der Waals surface area contributed by atoms with Crippen LogP contribution in [-0.2, 0) is 0 Å². The fourth-order valence-electron chi connectivity index (χ4n) is 13.1. The van der Waals surface area contributed by atoms with E-state index in [0.29, 0.717) is 0 Å². The van der Waals surface area contributed by atoms with Crippen molar-refractivity contribution in [3.63, 3.8) is 0 Å². The first-order valence-corrected chi connectivity index (χ1v) is 25.8. The van der Waals surface area contributed by atoms with Gasteiger partial charge in [0.05, 0.1) is 44.1 Å². The summed E-state index contributed by atoms with van der Waals surface area (Å²) in [4.78, 5) is 0. The largest absolute Gasteiger partial charge is 0.309 e. The highest BCUT2D eigenvalue weighted by Crippen LogP contribution is 2.44. The number of nitrogens with zero attached hydrogens (tertiary/aromatic N) is 4. The predicted octanol–water partition coefficient (Wildman–Crippen LogP) is 15.5. The Morgan fingerprint density at radius 3 is 1.12 bits per heavy atom. The number of benzene rings is 11. The molecular formula is C69H49BN4. The van der Waals surface area contributed by atoms with Gasteiger partial charge >= 0.3 is 0 Å². The Hall–Kier alpha value is -9.32. The molecular weight excluding hydrogens is 896 g/mol. The number of fused-ring (bicyclic) bond motifs is 14. The van der Waals surface area contributed by atoms with Gasteiger partial charge < -0.3 is 18.3 Å². The molecule has 0 fully saturated rings. The molecule has 4 heterocycles. The summed E-state index contributed by atoms with van der Waals surface area (Å²) < 4.78 is 9.93. The van der Waals surface area contributed by atoms with Crippen LogP contribution >= 0.6 is 0 Å². The topological polar surface area (TPSA) is 19.7 Å². The molecule has 0 saturated carbocycles. The van der Waals surface area contributed by atoms with Crippen LogP contribution in [0.2, 0.25) is 0 Å². The van der Waals surface area contributed by atoms with Gasteiger partial charge in [-0.15, -0.1) is 0 Å². The smallest absolute Gasteiger partial charge is 0.242 e. The monoisotopic (exact) mass is 944 g/mol. The van der Waals surface area contributed by atoms with Crippen molar-refractivity contribution in [1.82, 2.24) is 18.3 Å². The van der Waals surface area contributed by atoms with Crippen molar-refractivity contribution in [2.75, 3.05) is 0 Å². The summed E-state index contributed by atoms with van der Waals surface area (Å²) in [6, 6.07) is 90.1. The number of para-hydroxylation sites is 6. The molecule has 0 amide bonds. The molecule has 348 valence electrons. The van der Waals surface area contributed by atoms with Crippen LogP contribution in [0.15, 0.2) is 243 Å². The fraction of sp³-hybridized carbons (Fsp3) is 0.0435. The number of aromatic nitrogens is 4. The summed E-state index contributed by atoms with van der Waals surface area (Å²) in [5.41, 5.74) is 21.9. The van der Waals surface area contributed by atoms with Crippen LogP contribution in [0.3, 0.4) is 0 Å². The average Bonchev–Trinajstić information content (AvgIpc) is 4.17. The molecule has 4 nitrogen and oxygen atoms in total. The van der Waals surface area contributed by atoms with Gasteiger partial charge in [0.1, 0.15) is 0 Å². The first kappa shape index (κ1) is 42.4. The van der Waals surface area contributed by atoms with Crippen molar-refractivity contribution >= 4 is 110 Å². The third kappa shape index (κ3) is 6.17. The van der Waals surface area contributed by atoms with Crippen LogP contribution < -0.4 is 16.4 Å². The zero-order valence-electron chi connectivity index (χ0n) is 41.5. The summed E-state index contributed by atoms with van der Waals surface area (Å²) in [7, 11) is 0. The second kappa shape index (κ2) is 16.4. The van der Waals surface area contributed by atoms with Gasteiger partial charge in [-0.1, -0.05) is 191 Å². The van der Waals surface area contributed by atoms with E-state index >= 15 is 0 Å². The minimum atomic E-state index is -0.0666. The van der Waals surface area contributed by atoms with Gasteiger partial charge in [0.15, 0.2) is 0 Å².